The van der Waals surface area contributed by atoms with Gasteiger partial charge in [0.15, 0.2) is 0 Å². The van der Waals surface area contributed by atoms with Crippen molar-refractivity contribution < 1.29 is 33.4 Å². The molecule has 2 rings (SSSR count). The predicted molar refractivity (Wildman–Crippen MR) is 151 cm³/mol. The van der Waals surface area contributed by atoms with Crippen LogP contribution in [0, 0.1) is 0 Å². The molecular weight excluding hydrogens is 538 g/mol. The van der Waals surface area contributed by atoms with Crippen molar-refractivity contribution in [1.82, 2.24) is 16.0 Å². The second-order valence-electron chi connectivity index (χ2n) is 10.1. The molecule has 0 aromatic heterocycles. The monoisotopic (exact) mass is 575 g/mol. The van der Waals surface area contributed by atoms with Crippen molar-refractivity contribution in [2.45, 2.75) is 71.3 Å². The zero-order valence-electron chi connectivity index (χ0n) is 23.4. The summed E-state index contributed by atoms with van der Waals surface area (Å²) in [4.78, 5) is 48.6. The normalized spacial score (nSPS) is 11.6. The van der Waals surface area contributed by atoms with Crippen molar-refractivity contribution in [1.29, 1.82) is 0 Å². The summed E-state index contributed by atoms with van der Waals surface area (Å²) >= 11 is 5.85. The number of hydrogen-bond acceptors (Lipinski definition) is 7. The molecule has 0 aliphatic heterocycles. The lowest BCUT2D eigenvalue weighted by Gasteiger charge is -2.23. The highest BCUT2D eigenvalue weighted by Gasteiger charge is 2.25. The number of hydrogen-bond donors (Lipinski definition) is 3. The van der Waals surface area contributed by atoms with E-state index in [1.54, 1.807) is 76.3 Å². The fourth-order valence-electron chi connectivity index (χ4n) is 3.43. The molecule has 0 aliphatic rings. The minimum absolute atomic E-state index is 0.00655. The van der Waals surface area contributed by atoms with E-state index in [4.69, 9.17) is 25.8 Å². The van der Waals surface area contributed by atoms with Crippen molar-refractivity contribution >= 4 is 35.7 Å². The van der Waals surface area contributed by atoms with Crippen LogP contribution in [0.1, 0.15) is 56.7 Å². The van der Waals surface area contributed by atoms with Gasteiger partial charge in [-0.05, 0) is 68.9 Å². The number of unbranched alkanes of at least 4 members (excludes halogenated alkanes) is 1. The number of nitrogens with one attached hydrogen (secondary N) is 3. The largest absolute Gasteiger partial charge is 0.459 e. The van der Waals surface area contributed by atoms with Gasteiger partial charge in [-0.15, -0.1) is 0 Å². The van der Waals surface area contributed by atoms with E-state index in [1.165, 1.54) is 0 Å². The number of esters is 1. The van der Waals surface area contributed by atoms with Gasteiger partial charge in [0.05, 0.1) is 6.42 Å². The standard InChI is InChI=1S/C29H38ClN3O7/c1-29(2,3)40-28(37)33-24(26(35)38-18-21-10-8-20(9-11-21)17-25(34)31-4)7-5-6-16-32-27(36)39-19-22-12-14-23(30)15-13-22/h8-15,24H,5-7,16-19H2,1-4H3,(H,31,34)(H,32,36)(H,33,37)/t24-/m0/s1. The third kappa shape index (κ3) is 13.3. The zero-order valence-corrected chi connectivity index (χ0v) is 24.1. The van der Waals surface area contributed by atoms with Crippen LogP contribution in [-0.2, 0) is 43.4 Å². The van der Waals surface area contributed by atoms with E-state index in [9.17, 15) is 19.2 Å². The Hall–Kier alpha value is -3.79. The number of carbonyl (C=O) groups excluding carboxylic acids is 4. The number of likely N-dealkylation sites (N-methyl/N-ethyl adjacent to an activating group) is 1. The van der Waals surface area contributed by atoms with Crippen molar-refractivity contribution in [3.8, 4) is 0 Å². The molecule has 1 atom stereocenters. The van der Waals surface area contributed by atoms with Crippen molar-refractivity contribution in [3.63, 3.8) is 0 Å². The minimum atomic E-state index is -0.931. The van der Waals surface area contributed by atoms with Crippen LogP contribution in [0.5, 0.6) is 0 Å². The Balaban J connectivity index is 1.82. The summed E-state index contributed by atoms with van der Waals surface area (Å²) in [5, 5.41) is 8.42. The van der Waals surface area contributed by atoms with Crippen LogP contribution in [0.15, 0.2) is 48.5 Å². The summed E-state index contributed by atoms with van der Waals surface area (Å²) in [6.45, 7) is 5.64. The maximum absolute atomic E-state index is 12.8. The fraction of sp³-hybridized carbons (Fsp3) is 0.448. The van der Waals surface area contributed by atoms with E-state index in [1.807, 2.05) is 0 Å². The lowest BCUT2D eigenvalue weighted by Crippen LogP contribution is -2.44. The number of amides is 3. The Labute approximate surface area is 240 Å². The molecule has 3 N–H and O–H groups in total. The lowest BCUT2D eigenvalue weighted by atomic mass is 10.1. The van der Waals surface area contributed by atoms with Gasteiger partial charge in [0, 0.05) is 18.6 Å². The number of carbonyl (C=O) groups is 4. The van der Waals surface area contributed by atoms with Crippen LogP contribution in [0.4, 0.5) is 9.59 Å². The van der Waals surface area contributed by atoms with Crippen molar-refractivity contribution in [2.24, 2.45) is 0 Å². The molecule has 0 radical (unpaired) electrons. The first-order chi connectivity index (χ1) is 18.9. The molecule has 0 spiro atoms. The van der Waals surface area contributed by atoms with Crippen LogP contribution in [0.2, 0.25) is 5.02 Å². The molecule has 0 saturated heterocycles. The highest BCUT2D eigenvalue weighted by atomic mass is 35.5. The first kappa shape index (κ1) is 32.4. The molecule has 40 heavy (non-hydrogen) atoms. The molecule has 0 unspecified atom stereocenters. The average Bonchev–Trinajstić information content (AvgIpc) is 2.90. The van der Waals surface area contributed by atoms with Crippen molar-refractivity contribution in [3.05, 3.63) is 70.2 Å². The van der Waals surface area contributed by atoms with Gasteiger partial charge in [0.25, 0.3) is 0 Å². The quantitative estimate of drug-likeness (QED) is 0.180. The Kier molecular flexibility index (Phi) is 13.2. The minimum Gasteiger partial charge on any atom is -0.459 e. The molecule has 0 fully saturated rings. The first-order valence-corrected chi connectivity index (χ1v) is 13.4. The van der Waals surface area contributed by atoms with Gasteiger partial charge >= 0.3 is 18.2 Å². The highest BCUT2D eigenvalue weighted by molar-refractivity contribution is 6.30. The van der Waals surface area contributed by atoms with Gasteiger partial charge in [-0.2, -0.15) is 0 Å². The number of rotatable bonds is 13. The second-order valence-corrected chi connectivity index (χ2v) is 10.5. The van der Waals surface area contributed by atoms with Crippen molar-refractivity contribution in [2.75, 3.05) is 13.6 Å². The summed E-state index contributed by atoms with van der Waals surface area (Å²) in [7, 11) is 1.58. The maximum atomic E-state index is 12.8. The lowest BCUT2D eigenvalue weighted by molar-refractivity contribution is -0.147. The topological polar surface area (TPSA) is 132 Å². The molecular formula is C29H38ClN3O7. The highest BCUT2D eigenvalue weighted by Crippen LogP contribution is 2.12. The Bertz CT molecular complexity index is 1120. The SMILES string of the molecule is CNC(=O)Cc1ccc(COC(=O)[C@H](CCCCNC(=O)OCc2ccc(Cl)cc2)NC(=O)OC(C)(C)C)cc1. The molecule has 2 aromatic carbocycles. The summed E-state index contributed by atoms with van der Waals surface area (Å²) in [6.07, 6.45) is 0.318. The fourth-order valence-corrected chi connectivity index (χ4v) is 3.55. The third-order valence-electron chi connectivity index (χ3n) is 5.50. The summed E-state index contributed by atoms with van der Waals surface area (Å²) in [5.41, 5.74) is 1.66. The molecule has 218 valence electrons. The van der Waals surface area contributed by atoms with E-state index >= 15 is 0 Å². The van der Waals surface area contributed by atoms with Crippen LogP contribution in [0.25, 0.3) is 0 Å². The number of ether oxygens (including phenoxy) is 3. The Morgan fingerprint density at radius 3 is 2.00 bits per heavy atom. The zero-order chi connectivity index (χ0) is 29.5. The smallest absolute Gasteiger partial charge is 0.408 e. The van der Waals surface area contributed by atoms with E-state index in [0.29, 0.717) is 24.4 Å². The van der Waals surface area contributed by atoms with Gasteiger partial charge in [0.1, 0.15) is 24.9 Å². The number of alkyl carbamates (subject to hydrolysis) is 2. The molecule has 0 saturated carbocycles. The molecule has 11 heteroatoms. The molecule has 0 heterocycles. The number of benzene rings is 2. The van der Waals surface area contributed by atoms with E-state index in [0.717, 1.165) is 16.7 Å². The average molecular weight is 576 g/mol. The van der Waals surface area contributed by atoms with Gasteiger partial charge < -0.3 is 30.2 Å². The summed E-state index contributed by atoms with van der Waals surface area (Å²) < 4.78 is 15.9. The Morgan fingerprint density at radius 2 is 1.40 bits per heavy atom. The molecule has 0 bridgehead atoms. The van der Waals surface area contributed by atoms with E-state index in [-0.39, 0.29) is 32.0 Å². The summed E-state index contributed by atoms with van der Waals surface area (Å²) in [5.74, 6) is -0.698. The summed E-state index contributed by atoms with van der Waals surface area (Å²) in [6, 6.07) is 13.2. The third-order valence-corrected chi connectivity index (χ3v) is 5.75. The van der Waals surface area contributed by atoms with Gasteiger partial charge in [0.2, 0.25) is 5.91 Å². The van der Waals surface area contributed by atoms with Crippen LogP contribution in [0.3, 0.4) is 0 Å². The van der Waals surface area contributed by atoms with E-state index < -0.39 is 29.8 Å². The van der Waals surface area contributed by atoms with Crippen LogP contribution < -0.4 is 16.0 Å². The van der Waals surface area contributed by atoms with Gasteiger partial charge in [-0.1, -0.05) is 48.0 Å². The second kappa shape index (κ2) is 16.3. The molecule has 0 aliphatic carbocycles. The number of halogens is 1. The van der Waals surface area contributed by atoms with Gasteiger partial charge in [-0.3, -0.25) is 4.79 Å². The first-order valence-electron chi connectivity index (χ1n) is 13.0. The predicted octanol–water partition coefficient (Wildman–Crippen LogP) is 4.66. The molecule has 10 nitrogen and oxygen atoms in total. The van der Waals surface area contributed by atoms with Gasteiger partial charge in [-0.25, -0.2) is 14.4 Å². The van der Waals surface area contributed by atoms with Crippen LogP contribution >= 0.6 is 11.6 Å². The molecule has 2 aromatic rings. The Morgan fingerprint density at radius 1 is 0.825 bits per heavy atom. The van der Waals surface area contributed by atoms with E-state index in [2.05, 4.69) is 16.0 Å². The van der Waals surface area contributed by atoms with Crippen LogP contribution in [-0.4, -0.2) is 49.3 Å². The molecule has 3 amide bonds. The maximum Gasteiger partial charge on any atom is 0.408 e.